The van der Waals surface area contributed by atoms with Crippen LogP contribution in [0.5, 0.6) is 0 Å². The van der Waals surface area contributed by atoms with Crippen LogP contribution in [0.4, 0.5) is 32.0 Å². The number of pyridine rings is 1. The van der Waals surface area contributed by atoms with Gasteiger partial charge in [0.05, 0.1) is 33.5 Å². The molecule has 3 amide bonds. The molecule has 0 aliphatic carbocycles. The summed E-state index contributed by atoms with van der Waals surface area (Å²) >= 11 is 0. The second kappa shape index (κ2) is 9.78. The summed E-state index contributed by atoms with van der Waals surface area (Å²) in [5.41, 5.74) is -3.29. The molecule has 4 aromatic rings. The lowest BCUT2D eigenvalue weighted by Gasteiger charge is -2.26. The number of fused-ring (bicyclic) bond motifs is 2. The van der Waals surface area contributed by atoms with E-state index >= 15 is 0 Å². The zero-order valence-corrected chi connectivity index (χ0v) is 20.2. The van der Waals surface area contributed by atoms with E-state index < -0.39 is 59.2 Å². The molecular formula is C28H17F6N3O3. The van der Waals surface area contributed by atoms with Gasteiger partial charge in [-0.1, -0.05) is 30.3 Å². The topological polar surface area (TPSA) is 79.4 Å². The summed E-state index contributed by atoms with van der Waals surface area (Å²) in [7, 11) is 0. The van der Waals surface area contributed by atoms with Crippen molar-refractivity contribution in [2.24, 2.45) is 0 Å². The number of rotatable bonds is 5. The molecular weight excluding hydrogens is 540 g/mol. The molecule has 204 valence electrons. The third-order valence-corrected chi connectivity index (χ3v) is 6.41. The molecule has 1 aliphatic heterocycles. The van der Waals surface area contributed by atoms with E-state index in [1.807, 2.05) is 0 Å². The minimum atomic E-state index is -5.13. The molecule has 1 aromatic heterocycles. The number of carbonyl (C=O) groups excluding carboxylic acids is 3. The van der Waals surface area contributed by atoms with Crippen LogP contribution in [0.25, 0.3) is 10.9 Å². The Labute approximate surface area is 222 Å². The molecule has 2 heterocycles. The smallest absolute Gasteiger partial charge is 0.322 e. The highest BCUT2D eigenvalue weighted by molar-refractivity contribution is 6.23. The van der Waals surface area contributed by atoms with Gasteiger partial charge in [0.15, 0.2) is 0 Å². The Kier molecular flexibility index (Phi) is 6.56. The van der Waals surface area contributed by atoms with Crippen molar-refractivity contribution in [3.05, 3.63) is 107 Å². The van der Waals surface area contributed by atoms with Crippen LogP contribution in [-0.4, -0.2) is 33.6 Å². The van der Waals surface area contributed by atoms with E-state index in [0.29, 0.717) is 27.9 Å². The molecule has 1 aliphatic rings. The van der Waals surface area contributed by atoms with Crippen molar-refractivity contribution in [3.63, 3.8) is 0 Å². The summed E-state index contributed by atoms with van der Waals surface area (Å²) in [6.45, 7) is 0. The molecule has 0 radical (unpaired) electrons. The van der Waals surface area contributed by atoms with E-state index in [2.05, 4.69) is 10.3 Å². The summed E-state index contributed by atoms with van der Waals surface area (Å²) in [5.74, 6) is -2.81. The van der Waals surface area contributed by atoms with Crippen molar-refractivity contribution in [1.82, 2.24) is 9.88 Å². The van der Waals surface area contributed by atoms with Gasteiger partial charge in [-0.2, -0.15) is 26.3 Å². The van der Waals surface area contributed by atoms with E-state index in [9.17, 15) is 40.7 Å². The molecule has 3 aromatic carbocycles. The van der Waals surface area contributed by atoms with E-state index in [1.54, 1.807) is 24.3 Å². The first kappa shape index (κ1) is 26.9. The molecule has 1 unspecified atom stereocenters. The van der Waals surface area contributed by atoms with Gasteiger partial charge in [0.25, 0.3) is 11.8 Å². The van der Waals surface area contributed by atoms with Gasteiger partial charge in [-0.15, -0.1) is 0 Å². The molecule has 6 nitrogen and oxygen atoms in total. The second-order valence-corrected chi connectivity index (χ2v) is 9.03. The molecule has 5 rings (SSSR count). The number of carbonyl (C=O) groups is 3. The molecule has 0 fully saturated rings. The Hall–Kier alpha value is -4.74. The predicted octanol–water partition coefficient (Wildman–Crippen LogP) is 6.12. The van der Waals surface area contributed by atoms with Crippen LogP contribution in [0.15, 0.2) is 79.0 Å². The summed E-state index contributed by atoms with van der Waals surface area (Å²) in [4.78, 5) is 44.8. The number of anilines is 1. The SMILES string of the molecule is O=C(Nc1cccc2cccnc12)C(Cc1cc(C(F)(F)F)cc(C(F)(F)F)c1)N1C(=O)c2ccccc2C1=O. The van der Waals surface area contributed by atoms with Crippen molar-refractivity contribution in [2.75, 3.05) is 5.32 Å². The Balaban J connectivity index is 1.59. The van der Waals surface area contributed by atoms with Crippen molar-refractivity contribution in [2.45, 2.75) is 24.8 Å². The minimum absolute atomic E-state index is 0.0393. The summed E-state index contributed by atoms with van der Waals surface area (Å²) < 4.78 is 81.0. The maximum Gasteiger partial charge on any atom is 0.416 e. The summed E-state index contributed by atoms with van der Waals surface area (Å²) in [6, 6.07) is 12.9. The zero-order chi connectivity index (χ0) is 28.8. The summed E-state index contributed by atoms with van der Waals surface area (Å²) in [5, 5.41) is 3.18. The first-order chi connectivity index (χ1) is 18.8. The Bertz CT molecular complexity index is 1590. The van der Waals surface area contributed by atoms with Gasteiger partial charge in [0.1, 0.15) is 6.04 Å². The number of nitrogens with one attached hydrogen (secondary N) is 1. The molecule has 0 spiro atoms. The van der Waals surface area contributed by atoms with Crippen LogP contribution in [0.2, 0.25) is 0 Å². The van der Waals surface area contributed by atoms with Gasteiger partial charge in [-0.3, -0.25) is 24.3 Å². The van der Waals surface area contributed by atoms with Crippen molar-refractivity contribution < 1.29 is 40.7 Å². The fourth-order valence-corrected chi connectivity index (χ4v) is 4.57. The number of alkyl halides is 6. The fraction of sp³-hybridized carbons (Fsp3) is 0.143. The number of benzene rings is 3. The van der Waals surface area contributed by atoms with E-state index in [4.69, 9.17) is 0 Å². The molecule has 0 saturated carbocycles. The zero-order valence-electron chi connectivity index (χ0n) is 20.2. The number of halogens is 6. The van der Waals surface area contributed by atoms with Gasteiger partial charge in [0.2, 0.25) is 5.91 Å². The minimum Gasteiger partial charge on any atom is -0.322 e. The van der Waals surface area contributed by atoms with Crippen molar-refractivity contribution in [3.8, 4) is 0 Å². The van der Waals surface area contributed by atoms with Crippen molar-refractivity contribution >= 4 is 34.3 Å². The van der Waals surface area contributed by atoms with Crippen LogP contribution in [0, 0.1) is 0 Å². The number of hydrogen-bond donors (Lipinski definition) is 1. The van der Waals surface area contributed by atoms with Crippen LogP contribution in [-0.2, 0) is 23.6 Å². The fourth-order valence-electron chi connectivity index (χ4n) is 4.57. The van der Waals surface area contributed by atoms with Crippen LogP contribution in [0.1, 0.15) is 37.4 Å². The van der Waals surface area contributed by atoms with Gasteiger partial charge < -0.3 is 5.32 Å². The van der Waals surface area contributed by atoms with Crippen molar-refractivity contribution in [1.29, 1.82) is 0 Å². The average Bonchev–Trinajstić information content (AvgIpc) is 3.16. The first-order valence-electron chi connectivity index (χ1n) is 11.7. The number of hydrogen-bond acceptors (Lipinski definition) is 4. The lowest BCUT2D eigenvalue weighted by Crippen LogP contribution is -2.48. The number of amides is 3. The normalized spacial score (nSPS) is 14.4. The molecule has 0 bridgehead atoms. The predicted molar refractivity (Wildman–Crippen MR) is 131 cm³/mol. The van der Waals surface area contributed by atoms with E-state index in [0.717, 1.165) is 0 Å². The number of nitrogens with zero attached hydrogens (tertiary/aromatic N) is 2. The largest absolute Gasteiger partial charge is 0.416 e. The van der Waals surface area contributed by atoms with Crippen LogP contribution in [0.3, 0.4) is 0 Å². The molecule has 1 N–H and O–H groups in total. The standard InChI is InChI=1S/C28H17F6N3O3/c29-27(30,31)17-11-15(12-18(14-17)28(32,33)34)13-22(37-25(39)19-7-1-2-8-20(19)26(37)40)24(38)36-21-9-3-5-16-6-4-10-35-23(16)21/h1-12,14,22H,13H2,(H,36,38). The van der Waals surface area contributed by atoms with Gasteiger partial charge >= 0.3 is 12.4 Å². The van der Waals surface area contributed by atoms with E-state index in [-0.39, 0.29) is 22.9 Å². The van der Waals surface area contributed by atoms with E-state index in [1.165, 1.54) is 36.5 Å². The van der Waals surface area contributed by atoms with Gasteiger partial charge in [0, 0.05) is 18.0 Å². The molecule has 12 heteroatoms. The molecule has 40 heavy (non-hydrogen) atoms. The third-order valence-electron chi connectivity index (χ3n) is 6.41. The third kappa shape index (κ3) is 4.99. The Morgan fingerprint density at radius 3 is 1.95 bits per heavy atom. The average molecular weight is 557 g/mol. The highest BCUT2D eigenvalue weighted by Gasteiger charge is 2.44. The Morgan fingerprint density at radius 2 is 1.38 bits per heavy atom. The molecule has 0 saturated heterocycles. The number of imide groups is 1. The monoisotopic (exact) mass is 557 g/mol. The summed E-state index contributed by atoms with van der Waals surface area (Å²) in [6.07, 6.45) is -9.61. The quantitative estimate of drug-likeness (QED) is 0.237. The van der Waals surface area contributed by atoms with Gasteiger partial charge in [-0.25, -0.2) is 0 Å². The van der Waals surface area contributed by atoms with Gasteiger partial charge in [-0.05, 0) is 48.0 Å². The molecule has 1 atom stereocenters. The van der Waals surface area contributed by atoms with Crippen LogP contribution >= 0.6 is 0 Å². The number of aromatic nitrogens is 1. The maximum atomic E-state index is 13.6. The second-order valence-electron chi connectivity index (χ2n) is 9.03. The lowest BCUT2D eigenvalue weighted by atomic mass is 9.98. The lowest BCUT2D eigenvalue weighted by molar-refractivity contribution is -0.143. The van der Waals surface area contributed by atoms with Crippen LogP contribution < -0.4 is 5.32 Å². The first-order valence-corrected chi connectivity index (χ1v) is 11.7. The Morgan fingerprint density at radius 1 is 0.800 bits per heavy atom. The number of para-hydroxylation sites is 1. The highest BCUT2D eigenvalue weighted by atomic mass is 19.4. The maximum absolute atomic E-state index is 13.6. The highest BCUT2D eigenvalue weighted by Crippen LogP contribution is 2.37.